The molecule has 0 aliphatic carbocycles. The molecule has 0 saturated heterocycles. The molecule has 0 saturated carbocycles. The maximum atomic E-state index is 12.4. The van der Waals surface area contributed by atoms with Crippen LogP contribution in [0.1, 0.15) is 25.6 Å². The fraction of sp³-hybridized carbons (Fsp3) is 0.0667. The summed E-state index contributed by atoms with van der Waals surface area (Å²) < 4.78 is 0. The summed E-state index contributed by atoms with van der Waals surface area (Å²) in [5.74, 6) is -1.48. The Balaban J connectivity index is 1.97. The number of aromatic nitrogens is 2. The Kier molecular flexibility index (Phi) is 3.67. The Hall–Kier alpha value is -3.00. The predicted octanol–water partition coefficient (Wildman–Crippen LogP) is 2.24. The number of thiophene rings is 1. The maximum Gasteiger partial charge on any atom is 0.335 e. The number of aromatic carboxylic acids is 1. The molecule has 3 N–H and O–H groups in total. The number of amides is 1. The summed E-state index contributed by atoms with van der Waals surface area (Å²) in [6.45, 7) is 1.68. The third-order valence-corrected chi connectivity index (χ3v) is 4.50. The highest BCUT2D eigenvalue weighted by Gasteiger charge is 2.18. The molecule has 7 nitrogen and oxygen atoms in total. The monoisotopic (exact) mass is 329 g/mol. The summed E-state index contributed by atoms with van der Waals surface area (Å²) in [5, 5.41) is 12.0. The van der Waals surface area contributed by atoms with E-state index in [0.717, 1.165) is 11.3 Å². The predicted molar refractivity (Wildman–Crippen MR) is 86.3 cm³/mol. The van der Waals surface area contributed by atoms with Crippen molar-refractivity contribution in [3.8, 4) is 0 Å². The summed E-state index contributed by atoms with van der Waals surface area (Å²) >= 11 is 1.12. The molecule has 1 amide bonds. The fourth-order valence-electron chi connectivity index (χ4n) is 2.21. The molecule has 23 heavy (non-hydrogen) atoms. The lowest BCUT2D eigenvalue weighted by Crippen LogP contribution is -2.12. The van der Waals surface area contributed by atoms with E-state index in [9.17, 15) is 14.4 Å². The SMILES string of the molecule is Cc1c(C(=O)Nc2cccc(C(=O)O)c2)sc2nc[nH]c(=O)c12. The van der Waals surface area contributed by atoms with Gasteiger partial charge in [-0.15, -0.1) is 11.3 Å². The first-order valence-corrected chi connectivity index (χ1v) is 7.40. The van der Waals surface area contributed by atoms with Crippen molar-refractivity contribution in [3.63, 3.8) is 0 Å². The average molecular weight is 329 g/mol. The molecular weight excluding hydrogens is 318 g/mol. The van der Waals surface area contributed by atoms with Gasteiger partial charge >= 0.3 is 5.97 Å². The highest BCUT2D eigenvalue weighted by Crippen LogP contribution is 2.27. The van der Waals surface area contributed by atoms with Gasteiger partial charge in [0.1, 0.15) is 4.83 Å². The van der Waals surface area contributed by atoms with E-state index in [4.69, 9.17) is 5.11 Å². The number of hydrogen-bond donors (Lipinski definition) is 3. The molecule has 0 radical (unpaired) electrons. The molecule has 0 spiro atoms. The van der Waals surface area contributed by atoms with Gasteiger partial charge in [-0.3, -0.25) is 9.59 Å². The van der Waals surface area contributed by atoms with Crippen molar-refractivity contribution in [2.75, 3.05) is 5.32 Å². The Morgan fingerprint density at radius 2 is 2.13 bits per heavy atom. The van der Waals surface area contributed by atoms with Gasteiger partial charge in [0.15, 0.2) is 0 Å². The van der Waals surface area contributed by atoms with E-state index in [-0.39, 0.29) is 11.1 Å². The summed E-state index contributed by atoms with van der Waals surface area (Å²) in [4.78, 5) is 42.6. The Labute approximate surface area is 133 Å². The zero-order valence-electron chi connectivity index (χ0n) is 11.9. The minimum absolute atomic E-state index is 0.0778. The number of aromatic amines is 1. The molecular formula is C15H11N3O4S. The highest BCUT2D eigenvalue weighted by atomic mass is 32.1. The van der Waals surface area contributed by atoms with Crippen LogP contribution in [0.4, 0.5) is 5.69 Å². The van der Waals surface area contributed by atoms with Gasteiger partial charge in [-0.2, -0.15) is 0 Å². The van der Waals surface area contributed by atoms with Crippen molar-refractivity contribution in [1.82, 2.24) is 9.97 Å². The smallest absolute Gasteiger partial charge is 0.335 e. The number of anilines is 1. The largest absolute Gasteiger partial charge is 0.478 e. The number of aryl methyl sites for hydroxylation is 1. The molecule has 1 aromatic carbocycles. The second-order valence-corrected chi connectivity index (χ2v) is 5.81. The number of carboxylic acids is 1. The molecule has 3 rings (SSSR count). The number of carbonyl (C=O) groups is 2. The Morgan fingerprint density at radius 3 is 2.83 bits per heavy atom. The summed E-state index contributed by atoms with van der Waals surface area (Å²) in [7, 11) is 0. The van der Waals surface area contributed by atoms with Crippen LogP contribution in [0, 0.1) is 6.92 Å². The van der Waals surface area contributed by atoms with Crippen molar-refractivity contribution < 1.29 is 14.7 Å². The highest BCUT2D eigenvalue weighted by molar-refractivity contribution is 7.20. The number of nitrogens with one attached hydrogen (secondary N) is 2. The van der Waals surface area contributed by atoms with Gasteiger partial charge in [-0.05, 0) is 30.7 Å². The summed E-state index contributed by atoms with van der Waals surface area (Å²) in [6, 6.07) is 5.95. The van der Waals surface area contributed by atoms with Gasteiger partial charge in [0.25, 0.3) is 11.5 Å². The number of H-pyrrole nitrogens is 1. The first-order valence-electron chi connectivity index (χ1n) is 6.59. The van der Waals surface area contributed by atoms with Gasteiger partial charge in [-0.25, -0.2) is 9.78 Å². The molecule has 116 valence electrons. The molecule has 3 aromatic rings. The van der Waals surface area contributed by atoms with Crippen molar-refractivity contribution in [2.24, 2.45) is 0 Å². The van der Waals surface area contributed by atoms with Crippen molar-refractivity contribution in [3.05, 3.63) is 57.0 Å². The van der Waals surface area contributed by atoms with E-state index in [0.29, 0.717) is 26.3 Å². The molecule has 2 heterocycles. The van der Waals surface area contributed by atoms with E-state index in [1.165, 1.54) is 18.5 Å². The Morgan fingerprint density at radius 1 is 1.35 bits per heavy atom. The second-order valence-electron chi connectivity index (χ2n) is 4.81. The molecule has 8 heteroatoms. The summed E-state index contributed by atoms with van der Waals surface area (Å²) in [6.07, 6.45) is 1.29. The van der Waals surface area contributed by atoms with Gasteiger partial charge < -0.3 is 15.4 Å². The number of rotatable bonds is 3. The molecule has 0 fully saturated rings. The molecule has 0 bridgehead atoms. The van der Waals surface area contributed by atoms with Gasteiger partial charge in [0.2, 0.25) is 0 Å². The maximum absolute atomic E-state index is 12.4. The molecule has 2 aromatic heterocycles. The van der Waals surface area contributed by atoms with Crippen molar-refractivity contribution in [1.29, 1.82) is 0 Å². The van der Waals surface area contributed by atoms with Crippen LogP contribution in [0.2, 0.25) is 0 Å². The van der Waals surface area contributed by atoms with Gasteiger partial charge in [0.05, 0.1) is 22.2 Å². The van der Waals surface area contributed by atoms with Gasteiger partial charge in [-0.1, -0.05) is 6.07 Å². The number of nitrogens with zero attached hydrogens (tertiary/aromatic N) is 1. The minimum atomic E-state index is -1.07. The van der Waals surface area contributed by atoms with Crippen molar-refractivity contribution >= 4 is 39.1 Å². The normalized spacial score (nSPS) is 10.7. The molecule has 0 atom stereocenters. The number of hydrogen-bond acceptors (Lipinski definition) is 5. The van der Waals surface area contributed by atoms with Crippen LogP contribution in [0.15, 0.2) is 35.4 Å². The van der Waals surface area contributed by atoms with E-state index in [2.05, 4.69) is 15.3 Å². The molecule has 0 aliphatic rings. The lowest BCUT2D eigenvalue weighted by molar-refractivity contribution is 0.0696. The average Bonchev–Trinajstić information content (AvgIpc) is 2.86. The standard InChI is InChI=1S/C15H11N3O4S/c1-7-10-12(19)16-6-17-14(10)23-11(7)13(20)18-9-4-2-3-8(5-9)15(21)22/h2-6H,1H3,(H,18,20)(H,21,22)(H,16,17,19). The first kappa shape index (κ1) is 14.9. The van der Waals surface area contributed by atoms with Crippen molar-refractivity contribution in [2.45, 2.75) is 6.92 Å². The van der Waals surface area contributed by atoms with Gasteiger partial charge in [0, 0.05) is 5.69 Å². The Bertz CT molecular complexity index is 990. The lowest BCUT2D eigenvalue weighted by atomic mass is 10.2. The topological polar surface area (TPSA) is 112 Å². The van der Waals surface area contributed by atoms with Crippen LogP contribution >= 0.6 is 11.3 Å². The second kappa shape index (κ2) is 5.65. The van der Waals surface area contributed by atoms with E-state index < -0.39 is 11.9 Å². The van der Waals surface area contributed by atoms with E-state index >= 15 is 0 Å². The van der Waals surface area contributed by atoms with Crippen LogP contribution in [0.3, 0.4) is 0 Å². The fourth-order valence-corrected chi connectivity index (χ4v) is 3.26. The van der Waals surface area contributed by atoms with Crippen LogP contribution < -0.4 is 10.9 Å². The zero-order chi connectivity index (χ0) is 16.6. The minimum Gasteiger partial charge on any atom is -0.478 e. The van der Waals surface area contributed by atoms with Crippen LogP contribution in [0.25, 0.3) is 10.2 Å². The number of fused-ring (bicyclic) bond motifs is 1. The molecule has 0 aliphatic heterocycles. The zero-order valence-corrected chi connectivity index (χ0v) is 12.7. The quantitative estimate of drug-likeness (QED) is 0.682. The lowest BCUT2D eigenvalue weighted by Gasteiger charge is -2.05. The van der Waals surface area contributed by atoms with Crippen LogP contribution in [-0.4, -0.2) is 27.0 Å². The van der Waals surface area contributed by atoms with Crippen LogP contribution in [0.5, 0.6) is 0 Å². The van der Waals surface area contributed by atoms with Crippen LogP contribution in [-0.2, 0) is 0 Å². The number of benzene rings is 1. The molecule has 0 unspecified atom stereocenters. The third-order valence-electron chi connectivity index (χ3n) is 3.31. The number of carboxylic acid groups (broad SMARTS) is 1. The number of carbonyl (C=O) groups excluding carboxylic acids is 1. The third kappa shape index (κ3) is 2.71. The van der Waals surface area contributed by atoms with E-state index in [1.54, 1.807) is 19.1 Å². The first-order chi connectivity index (χ1) is 11.0. The van der Waals surface area contributed by atoms with E-state index in [1.807, 2.05) is 0 Å². The summed E-state index contributed by atoms with van der Waals surface area (Å²) in [5.41, 5.74) is 0.699.